The lowest BCUT2D eigenvalue weighted by molar-refractivity contribution is -0.138. The van der Waals surface area contributed by atoms with Crippen LogP contribution in [0.5, 0.6) is 5.75 Å². The smallest absolute Gasteiger partial charge is 0.419 e. The fourth-order valence-corrected chi connectivity index (χ4v) is 3.92. The predicted molar refractivity (Wildman–Crippen MR) is 111 cm³/mol. The van der Waals surface area contributed by atoms with Gasteiger partial charge in [-0.25, -0.2) is 18.2 Å². The van der Waals surface area contributed by atoms with E-state index >= 15 is 0 Å². The number of ether oxygens (including phenoxy) is 2. The molecule has 1 aliphatic heterocycles. The predicted octanol–water partition coefficient (Wildman–Crippen LogP) is 6.27. The number of fused-ring (bicyclic) bond motifs is 1. The van der Waals surface area contributed by atoms with E-state index in [-0.39, 0.29) is 36.7 Å². The Hall–Kier alpha value is -3.50. The van der Waals surface area contributed by atoms with E-state index in [0.29, 0.717) is 29.0 Å². The lowest BCUT2D eigenvalue weighted by atomic mass is 10.1. The van der Waals surface area contributed by atoms with E-state index in [9.17, 15) is 26.3 Å². The SMILES string of the molecule is COc1cc(-c2nc(-c3cc(C)nc(C(F)F)c3)c3n2C/C(=C/F)OCC3)ccc1C(F)(F)F. The molecule has 0 N–H and O–H groups in total. The average Bonchev–Trinajstić information content (AvgIpc) is 3.00. The Morgan fingerprint density at radius 3 is 2.53 bits per heavy atom. The maximum absolute atomic E-state index is 13.4. The van der Waals surface area contributed by atoms with Gasteiger partial charge in [-0.05, 0) is 31.2 Å². The first kappa shape index (κ1) is 23.7. The number of benzene rings is 1. The van der Waals surface area contributed by atoms with Crippen molar-refractivity contribution in [3.05, 3.63) is 65.1 Å². The van der Waals surface area contributed by atoms with Gasteiger partial charge in [0, 0.05) is 28.9 Å². The van der Waals surface area contributed by atoms with E-state index in [1.807, 2.05) is 0 Å². The molecule has 0 aliphatic carbocycles. The second-order valence-corrected chi connectivity index (χ2v) is 7.63. The van der Waals surface area contributed by atoms with Crippen molar-refractivity contribution in [2.45, 2.75) is 32.5 Å². The van der Waals surface area contributed by atoms with E-state index < -0.39 is 29.6 Å². The Labute approximate surface area is 190 Å². The average molecular weight is 483 g/mol. The number of halogens is 6. The zero-order valence-electron chi connectivity index (χ0n) is 18.1. The van der Waals surface area contributed by atoms with Crippen molar-refractivity contribution < 1.29 is 35.8 Å². The third-order valence-electron chi connectivity index (χ3n) is 5.37. The van der Waals surface area contributed by atoms with Crippen molar-refractivity contribution in [1.82, 2.24) is 14.5 Å². The number of hydrogen-bond acceptors (Lipinski definition) is 4. The molecule has 0 bridgehead atoms. The summed E-state index contributed by atoms with van der Waals surface area (Å²) < 4.78 is 92.0. The summed E-state index contributed by atoms with van der Waals surface area (Å²) in [6.45, 7) is 1.60. The van der Waals surface area contributed by atoms with Crippen LogP contribution in [-0.4, -0.2) is 28.3 Å². The lowest BCUT2D eigenvalue weighted by Crippen LogP contribution is -2.08. The molecule has 5 nitrogen and oxygen atoms in total. The summed E-state index contributed by atoms with van der Waals surface area (Å²) in [5.41, 5.74) is 0.508. The Kier molecular flexibility index (Phi) is 6.28. The fourth-order valence-electron chi connectivity index (χ4n) is 3.92. The number of imidazole rings is 1. The van der Waals surface area contributed by atoms with Crippen molar-refractivity contribution in [2.75, 3.05) is 13.7 Å². The number of aryl methyl sites for hydroxylation is 1. The second kappa shape index (κ2) is 9.03. The van der Waals surface area contributed by atoms with Crippen LogP contribution in [0, 0.1) is 6.92 Å². The van der Waals surface area contributed by atoms with Crippen LogP contribution in [0.15, 0.2) is 42.4 Å². The summed E-state index contributed by atoms with van der Waals surface area (Å²) in [7, 11) is 1.12. The highest BCUT2D eigenvalue weighted by Gasteiger charge is 2.35. The first-order chi connectivity index (χ1) is 16.1. The molecule has 0 unspecified atom stereocenters. The lowest BCUT2D eigenvalue weighted by Gasteiger charge is -2.14. The molecule has 0 spiro atoms. The van der Waals surface area contributed by atoms with E-state index in [2.05, 4.69) is 9.97 Å². The Bertz CT molecular complexity index is 1250. The number of methoxy groups -OCH3 is 1. The van der Waals surface area contributed by atoms with Crippen LogP contribution in [0.2, 0.25) is 0 Å². The summed E-state index contributed by atoms with van der Waals surface area (Å²) in [5.74, 6) is -0.188. The Balaban J connectivity index is 1.94. The van der Waals surface area contributed by atoms with Crippen LogP contribution in [0.4, 0.5) is 26.3 Å². The topological polar surface area (TPSA) is 49.2 Å². The molecule has 180 valence electrons. The number of alkyl halides is 5. The summed E-state index contributed by atoms with van der Waals surface area (Å²) >= 11 is 0. The molecule has 3 heterocycles. The standard InChI is InChI=1S/C23H19F6N3O2/c1-12-7-14(8-17(30-12)21(25)26)20-18-5-6-34-15(10-24)11-32(18)22(31-20)13-3-4-16(23(27,28)29)19(9-13)33-2/h3-4,7-10,21H,5-6,11H2,1-2H3/b15-10-. The first-order valence-corrected chi connectivity index (χ1v) is 10.2. The molecule has 34 heavy (non-hydrogen) atoms. The van der Waals surface area contributed by atoms with Gasteiger partial charge in [-0.15, -0.1) is 0 Å². The number of pyridine rings is 1. The van der Waals surface area contributed by atoms with Gasteiger partial charge < -0.3 is 14.0 Å². The molecule has 0 amide bonds. The third kappa shape index (κ3) is 4.46. The molecular weight excluding hydrogens is 464 g/mol. The van der Waals surface area contributed by atoms with Gasteiger partial charge in [0.15, 0.2) is 0 Å². The van der Waals surface area contributed by atoms with Gasteiger partial charge in [-0.1, -0.05) is 6.07 Å². The molecule has 1 aliphatic rings. The van der Waals surface area contributed by atoms with Gasteiger partial charge >= 0.3 is 6.18 Å². The Morgan fingerprint density at radius 1 is 1.12 bits per heavy atom. The number of rotatable bonds is 4. The maximum atomic E-state index is 13.4. The highest BCUT2D eigenvalue weighted by Crippen LogP contribution is 2.40. The van der Waals surface area contributed by atoms with Gasteiger partial charge in [0.05, 0.1) is 31.5 Å². The largest absolute Gasteiger partial charge is 0.496 e. The van der Waals surface area contributed by atoms with Crippen LogP contribution >= 0.6 is 0 Å². The van der Waals surface area contributed by atoms with Crippen LogP contribution in [-0.2, 0) is 23.9 Å². The zero-order chi connectivity index (χ0) is 24.6. The van der Waals surface area contributed by atoms with Gasteiger partial charge in [0.2, 0.25) is 0 Å². The minimum atomic E-state index is -4.63. The number of hydrogen-bond donors (Lipinski definition) is 0. The normalized spacial score (nSPS) is 15.3. The molecule has 3 aromatic rings. The van der Waals surface area contributed by atoms with E-state index in [4.69, 9.17) is 9.47 Å². The van der Waals surface area contributed by atoms with Crippen molar-refractivity contribution in [2.24, 2.45) is 0 Å². The van der Waals surface area contributed by atoms with Gasteiger partial charge in [0.1, 0.15) is 29.4 Å². The quantitative estimate of drug-likeness (QED) is 0.411. The molecule has 0 saturated carbocycles. The van der Waals surface area contributed by atoms with Crippen LogP contribution in [0.1, 0.15) is 29.1 Å². The molecule has 4 rings (SSSR count). The highest BCUT2D eigenvalue weighted by atomic mass is 19.4. The molecule has 2 aromatic heterocycles. The van der Waals surface area contributed by atoms with E-state index in [1.54, 1.807) is 17.6 Å². The van der Waals surface area contributed by atoms with E-state index in [0.717, 1.165) is 13.2 Å². The van der Waals surface area contributed by atoms with Crippen LogP contribution in [0.25, 0.3) is 22.6 Å². The van der Waals surface area contributed by atoms with Crippen molar-refractivity contribution >= 4 is 0 Å². The van der Waals surface area contributed by atoms with Crippen LogP contribution in [0.3, 0.4) is 0 Å². The van der Waals surface area contributed by atoms with Gasteiger partial charge in [0.25, 0.3) is 6.43 Å². The highest BCUT2D eigenvalue weighted by molar-refractivity contribution is 5.70. The second-order valence-electron chi connectivity index (χ2n) is 7.63. The van der Waals surface area contributed by atoms with Gasteiger partial charge in [-0.3, -0.25) is 4.98 Å². The summed E-state index contributed by atoms with van der Waals surface area (Å²) in [6, 6.07) is 6.10. The summed E-state index contributed by atoms with van der Waals surface area (Å²) in [5, 5.41) is 0. The Morgan fingerprint density at radius 2 is 1.88 bits per heavy atom. The molecule has 0 fully saturated rings. The monoisotopic (exact) mass is 483 g/mol. The third-order valence-corrected chi connectivity index (χ3v) is 5.37. The first-order valence-electron chi connectivity index (χ1n) is 10.2. The maximum Gasteiger partial charge on any atom is 0.419 e. The molecule has 0 radical (unpaired) electrons. The van der Waals surface area contributed by atoms with Crippen LogP contribution < -0.4 is 4.74 Å². The minimum Gasteiger partial charge on any atom is -0.496 e. The minimum absolute atomic E-state index is 0.00186. The molecule has 1 aromatic carbocycles. The number of allylic oxidation sites excluding steroid dienone is 1. The van der Waals surface area contributed by atoms with Gasteiger partial charge in [-0.2, -0.15) is 13.2 Å². The van der Waals surface area contributed by atoms with Crippen molar-refractivity contribution in [3.63, 3.8) is 0 Å². The molecule has 0 atom stereocenters. The zero-order valence-corrected chi connectivity index (χ0v) is 18.1. The van der Waals surface area contributed by atoms with Crippen molar-refractivity contribution in [3.8, 4) is 28.4 Å². The van der Waals surface area contributed by atoms with E-state index in [1.165, 1.54) is 18.2 Å². The summed E-state index contributed by atoms with van der Waals surface area (Å²) in [6.07, 6.45) is -6.86. The summed E-state index contributed by atoms with van der Waals surface area (Å²) in [4.78, 5) is 8.44. The molecule has 0 saturated heterocycles. The number of nitrogens with zero attached hydrogens (tertiary/aromatic N) is 3. The fraction of sp³-hybridized carbons (Fsp3) is 0.304. The molecular formula is C23H19F6N3O2. The van der Waals surface area contributed by atoms with Crippen molar-refractivity contribution in [1.29, 1.82) is 0 Å². The molecule has 11 heteroatoms. The number of aromatic nitrogens is 3.